The number of carbonyl (C=O) groups is 3. The van der Waals surface area contributed by atoms with E-state index < -0.39 is 28.7 Å². The zero-order chi connectivity index (χ0) is 30.8. The lowest BCUT2D eigenvalue weighted by Gasteiger charge is -2.43. The largest absolute Gasteiger partial charge is 0.394 e. The van der Waals surface area contributed by atoms with Crippen molar-refractivity contribution in [3.8, 4) is 0 Å². The first-order valence-electron chi connectivity index (χ1n) is 15.6. The van der Waals surface area contributed by atoms with E-state index in [1.807, 2.05) is 35.2 Å². The summed E-state index contributed by atoms with van der Waals surface area (Å²) in [4.78, 5) is 49.3. The van der Waals surface area contributed by atoms with Gasteiger partial charge in [0.2, 0.25) is 17.7 Å². The van der Waals surface area contributed by atoms with Gasteiger partial charge in [-0.1, -0.05) is 64.5 Å². The molecule has 8 atom stereocenters. The number of nitrogens with zero attached hydrogens (tertiary/aromatic N) is 3. The number of amides is 3. The highest BCUT2D eigenvalue weighted by molar-refractivity contribution is 8.02. The van der Waals surface area contributed by atoms with Crippen molar-refractivity contribution < 1.29 is 19.5 Å². The molecule has 42 heavy (non-hydrogen) atoms. The van der Waals surface area contributed by atoms with E-state index in [2.05, 4.69) is 47.8 Å². The SMILES string of the molecule is C=CCN(C(=O)[C@@H]1[C@H]2C(=O)N([C@@H](CO)CC(C)C)C(C(=O)N(CC=C)C(C)CCC)C23S[C@@H]1CC3C)c1ccccc1. The number of carbonyl (C=O) groups excluding carboxylic acids is 3. The molecule has 8 heteroatoms. The third kappa shape index (κ3) is 5.45. The smallest absolute Gasteiger partial charge is 0.247 e. The third-order valence-electron chi connectivity index (χ3n) is 9.54. The normalized spacial score (nSPS) is 29.4. The van der Waals surface area contributed by atoms with E-state index >= 15 is 0 Å². The lowest BCUT2D eigenvalue weighted by molar-refractivity contribution is -0.147. The van der Waals surface area contributed by atoms with Gasteiger partial charge in [0.05, 0.1) is 29.2 Å². The highest BCUT2D eigenvalue weighted by Crippen LogP contribution is 2.69. The first kappa shape index (κ1) is 32.3. The topological polar surface area (TPSA) is 81.2 Å². The van der Waals surface area contributed by atoms with Gasteiger partial charge in [0.15, 0.2) is 0 Å². The average molecular weight is 596 g/mol. The van der Waals surface area contributed by atoms with E-state index in [-0.39, 0.29) is 47.5 Å². The molecule has 3 aliphatic heterocycles. The Morgan fingerprint density at radius 3 is 2.38 bits per heavy atom. The van der Waals surface area contributed by atoms with Gasteiger partial charge in [0.25, 0.3) is 0 Å². The van der Waals surface area contributed by atoms with Gasteiger partial charge in [-0.2, -0.15) is 0 Å². The maximum Gasteiger partial charge on any atom is 0.247 e. The number of hydrogen-bond donors (Lipinski definition) is 1. The van der Waals surface area contributed by atoms with Crippen molar-refractivity contribution in [1.29, 1.82) is 0 Å². The fourth-order valence-corrected chi connectivity index (χ4v) is 10.2. The van der Waals surface area contributed by atoms with E-state index in [0.717, 1.165) is 24.9 Å². The highest BCUT2D eigenvalue weighted by Gasteiger charge is 2.77. The van der Waals surface area contributed by atoms with Gasteiger partial charge in [0, 0.05) is 30.1 Å². The molecule has 1 aromatic rings. The summed E-state index contributed by atoms with van der Waals surface area (Å²) in [6, 6.07) is 8.25. The Morgan fingerprint density at radius 1 is 1.14 bits per heavy atom. The molecule has 1 N–H and O–H groups in total. The van der Waals surface area contributed by atoms with Crippen molar-refractivity contribution in [2.45, 2.75) is 88.4 Å². The summed E-state index contributed by atoms with van der Waals surface area (Å²) in [6.07, 6.45) is 6.57. The quantitative estimate of drug-likeness (QED) is 0.301. The van der Waals surface area contributed by atoms with E-state index in [0.29, 0.717) is 19.5 Å². The first-order chi connectivity index (χ1) is 20.1. The van der Waals surface area contributed by atoms with Crippen molar-refractivity contribution >= 4 is 35.2 Å². The predicted molar refractivity (Wildman–Crippen MR) is 171 cm³/mol. The highest BCUT2D eigenvalue weighted by atomic mass is 32.2. The number of likely N-dealkylation sites (tertiary alicyclic amines) is 1. The predicted octanol–water partition coefficient (Wildman–Crippen LogP) is 5.15. The third-order valence-corrected chi connectivity index (χ3v) is 11.6. The molecule has 1 aromatic carbocycles. The van der Waals surface area contributed by atoms with Crippen LogP contribution in [0.2, 0.25) is 0 Å². The zero-order valence-electron chi connectivity index (χ0n) is 25.9. The number of rotatable bonds is 14. The number of para-hydroxylation sites is 1. The van der Waals surface area contributed by atoms with Crippen molar-refractivity contribution in [3.63, 3.8) is 0 Å². The molecule has 4 rings (SSSR count). The Bertz CT molecular complexity index is 1160. The van der Waals surface area contributed by atoms with E-state index in [1.54, 1.807) is 33.7 Å². The molecule has 230 valence electrons. The van der Waals surface area contributed by atoms with Gasteiger partial charge in [-0.3, -0.25) is 14.4 Å². The molecule has 3 heterocycles. The Labute approximate surface area is 256 Å². The number of aliphatic hydroxyl groups excluding tert-OH is 1. The maximum absolute atomic E-state index is 14.8. The standard InChI is InChI=1S/C34H49N3O4S/c1-8-14-24(7)35(17-9-2)33(41)30-34-23(6)20-27(42-34)28(29(34)32(40)37(30)26(21-38)19-22(4)5)31(39)36(18-10-3)25-15-12-11-13-16-25/h9-13,15-16,22-24,26-30,38H,2-3,8,14,17-21H2,1,4-7H3/t23?,24?,26-,27-,28+,29+,30?,34?/m1/s1. The average Bonchev–Trinajstić information content (AvgIpc) is 3.56. The van der Waals surface area contributed by atoms with Crippen LogP contribution in [0.25, 0.3) is 0 Å². The van der Waals surface area contributed by atoms with Crippen molar-refractivity contribution in [1.82, 2.24) is 9.80 Å². The van der Waals surface area contributed by atoms with Gasteiger partial charge >= 0.3 is 0 Å². The molecule has 3 saturated heterocycles. The van der Waals surface area contributed by atoms with Crippen molar-refractivity contribution in [3.05, 3.63) is 55.6 Å². The summed E-state index contributed by atoms with van der Waals surface area (Å²) in [5.74, 6) is -1.27. The van der Waals surface area contributed by atoms with Crippen molar-refractivity contribution in [2.75, 3.05) is 24.6 Å². The molecule has 7 nitrogen and oxygen atoms in total. The molecule has 2 bridgehead atoms. The summed E-state index contributed by atoms with van der Waals surface area (Å²) in [5, 5.41) is 10.6. The van der Waals surface area contributed by atoms with Gasteiger partial charge < -0.3 is 19.8 Å². The Balaban J connectivity index is 1.84. The van der Waals surface area contributed by atoms with Crippen LogP contribution in [0.15, 0.2) is 55.6 Å². The summed E-state index contributed by atoms with van der Waals surface area (Å²) in [6.45, 7) is 18.7. The number of benzene rings is 1. The van der Waals surface area contributed by atoms with Crippen molar-refractivity contribution in [2.24, 2.45) is 23.7 Å². The monoisotopic (exact) mass is 595 g/mol. The van der Waals surface area contributed by atoms with E-state index in [4.69, 9.17) is 0 Å². The van der Waals surface area contributed by atoms with Crippen LogP contribution in [0.4, 0.5) is 5.69 Å². The molecule has 3 fully saturated rings. The lowest BCUT2D eigenvalue weighted by Crippen LogP contribution is -2.60. The Hall–Kier alpha value is -2.58. The fraction of sp³-hybridized carbons (Fsp3) is 0.618. The second kappa shape index (κ2) is 13.4. The van der Waals surface area contributed by atoms with Crippen LogP contribution >= 0.6 is 11.8 Å². The number of thioether (sulfide) groups is 1. The number of hydrogen-bond acceptors (Lipinski definition) is 5. The molecule has 0 saturated carbocycles. The number of aliphatic hydroxyl groups is 1. The van der Waals surface area contributed by atoms with Gasteiger partial charge in [-0.25, -0.2) is 0 Å². The Morgan fingerprint density at radius 2 is 1.81 bits per heavy atom. The van der Waals surface area contributed by atoms with Crippen LogP contribution in [-0.2, 0) is 14.4 Å². The van der Waals surface area contributed by atoms with Crippen LogP contribution in [-0.4, -0.2) is 80.4 Å². The zero-order valence-corrected chi connectivity index (χ0v) is 26.8. The Kier molecular flexibility index (Phi) is 10.3. The minimum atomic E-state index is -0.752. The summed E-state index contributed by atoms with van der Waals surface area (Å²) >= 11 is 1.69. The second-order valence-electron chi connectivity index (χ2n) is 12.8. The molecule has 0 aromatic heterocycles. The van der Waals surface area contributed by atoms with Gasteiger partial charge in [0.1, 0.15) is 6.04 Å². The molecule has 4 unspecified atom stereocenters. The van der Waals surface area contributed by atoms with Crippen LogP contribution in [0, 0.1) is 23.7 Å². The number of fused-ring (bicyclic) bond motifs is 1. The summed E-state index contributed by atoms with van der Waals surface area (Å²) in [7, 11) is 0. The van der Waals surface area contributed by atoms with Crippen LogP contribution < -0.4 is 4.90 Å². The summed E-state index contributed by atoms with van der Waals surface area (Å²) in [5.41, 5.74) is 0.769. The van der Waals surface area contributed by atoms with E-state index in [9.17, 15) is 19.5 Å². The van der Waals surface area contributed by atoms with Crippen LogP contribution in [0.3, 0.4) is 0 Å². The molecule has 0 aliphatic carbocycles. The molecular formula is C34H49N3O4S. The van der Waals surface area contributed by atoms with Gasteiger partial charge in [-0.15, -0.1) is 24.9 Å². The maximum atomic E-state index is 14.8. The molecule has 1 spiro atoms. The van der Waals surface area contributed by atoms with Crippen LogP contribution in [0.1, 0.15) is 60.3 Å². The van der Waals surface area contributed by atoms with E-state index in [1.165, 1.54) is 0 Å². The molecule has 3 amide bonds. The van der Waals surface area contributed by atoms with Gasteiger partial charge in [-0.05, 0) is 50.2 Å². The molecule has 3 aliphatic rings. The summed E-state index contributed by atoms with van der Waals surface area (Å²) < 4.78 is -0.745. The second-order valence-corrected chi connectivity index (χ2v) is 14.3. The lowest BCUT2D eigenvalue weighted by atomic mass is 9.65. The minimum Gasteiger partial charge on any atom is -0.394 e. The molecular weight excluding hydrogens is 546 g/mol. The first-order valence-corrected chi connectivity index (χ1v) is 16.5. The van der Waals surface area contributed by atoms with Crippen LogP contribution in [0.5, 0.6) is 0 Å². The minimum absolute atomic E-state index is 0.0249. The number of anilines is 1. The fourth-order valence-electron chi connectivity index (χ4n) is 7.83. The molecule has 0 radical (unpaired) electrons.